The third-order valence-electron chi connectivity index (χ3n) is 6.61. The van der Waals surface area contributed by atoms with Crippen LogP contribution in [0.5, 0.6) is 5.75 Å². The Morgan fingerprint density at radius 2 is 1.81 bits per heavy atom. The van der Waals surface area contributed by atoms with E-state index in [9.17, 15) is 4.79 Å². The van der Waals surface area contributed by atoms with E-state index in [0.717, 1.165) is 65.7 Å². The number of nitrogens with one attached hydrogen (secondary N) is 2. The van der Waals surface area contributed by atoms with Crippen molar-refractivity contribution in [3.05, 3.63) is 70.7 Å². The number of azo groups is 1. The second-order valence-electron chi connectivity index (χ2n) is 9.11. The molecule has 0 spiro atoms. The van der Waals surface area contributed by atoms with Gasteiger partial charge in [-0.15, -0.1) is 10.2 Å². The minimum atomic E-state index is -0.428. The molecule has 1 saturated heterocycles. The maximum absolute atomic E-state index is 12.8. The second-order valence-corrected chi connectivity index (χ2v) is 9.52. The van der Waals surface area contributed by atoms with Gasteiger partial charge >= 0.3 is 0 Å². The number of hydrogen-bond acceptors (Lipinski definition) is 7. The first-order chi connectivity index (χ1) is 17.4. The lowest BCUT2D eigenvalue weighted by Crippen LogP contribution is -2.47. The van der Waals surface area contributed by atoms with Crippen LogP contribution >= 0.6 is 11.6 Å². The van der Waals surface area contributed by atoms with E-state index in [1.54, 1.807) is 7.11 Å². The van der Waals surface area contributed by atoms with Crippen LogP contribution < -0.4 is 15.4 Å². The number of halogens is 1. The van der Waals surface area contributed by atoms with Crippen LogP contribution in [0.2, 0.25) is 5.02 Å². The zero-order valence-corrected chi connectivity index (χ0v) is 21.3. The quantitative estimate of drug-likeness (QED) is 0.471. The molecule has 186 valence electrons. The minimum Gasteiger partial charge on any atom is -0.497 e. The average molecular weight is 505 g/mol. The van der Waals surface area contributed by atoms with Gasteiger partial charge in [0.1, 0.15) is 11.4 Å². The lowest BCUT2D eigenvalue weighted by atomic mass is 9.98. The molecule has 1 fully saturated rings. The van der Waals surface area contributed by atoms with Crippen molar-refractivity contribution in [3.8, 4) is 16.9 Å². The van der Waals surface area contributed by atoms with E-state index in [1.807, 2.05) is 66.4 Å². The molecular formula is C27H29ClN6O2. The smallest absolute Gasteiger partial charge is 0.253 e. The fourth-order valence-electron chi connectivity index (χ4n) is 4.44. The van der Waals surface area contributed by atoms with E-state index >= 15 is 0 Å². The molecule has 1 atom stereocenters. The predicted octanol–water partition coefficient (Wildman–Crippen LogP) is 5.62. The van der Waals surface area contributed by atoms with Crippen LogP contribution in [-0.2, 0) is 0 Å². The molecule has 0 bridgehead atoms. The molecule has 8 nitrogen and oxygen atoms in total. The zero-order chi connectivity index (χ0) is 25.2. The molecule has 0 radical (unpaired) electrons. The Bertz CT molecular complexity index is 1300. The van der Waals surface area contributed by atoms with E-state index in [-0.39, 0.29) is 5.91 Å². The SMILES string of the molecule is COc1ccc(Cl)c(-c2cc3c(cc2C)NC(Nc2ccc(C(=O)N4CCN(C)CC4)cc2)N=N3)c1. The number of rotatable bonds is 5. The number of likely N-dealkylation sites (N-methyl/N-ethyl adjacent to an activating group) is 1. The van der Waals surface area contributed by atoms with Crippen molar-refractivity contribution in [2.75, 3.05) is 51.0 Å². The van der Waals surface area contributed by atoms with Gasteiger partial charge < -0.3 is 25.2 Å². The Hall–Kier alpha value is -3.62. The Balaban J connectivity index is 1.28. The summed E-state index contributed by atoms with van der Waals surface area (Å²) < 4.78 is 5.37. The number of benzene rings is 3. The summed E-state index contributed by atoms with van der Waals surface area (Å²) in [5, 5.41) is 16.2. The van der Waals surface area contributed by atoms with Crippen molar-refractivity contribution in [1.29, 1.82) is 0 Å². The maximum atomic E-state index is 12.8. The molecule has 0 saturated carbocycles. The number of amides is 1. The first kappa shape index (κ1) is 24.1. The van der Waals surface area contributed by atoms with Crippen LogP contribution in [0, 0.1) is 6.92 Å². The molecule has 3 aromatic rings. The third-order valence-corrected chi connectivity index (χ3v) is 6.93. The molecule has 0 aliphatic carbocycles. The van der Waals surface area contributed by atoms with Crippen LogP contribution in [-0.4, -0.2) is 62.3 Å². The highest BCUT2D eigenvalue weighted by Crippen LogP contribution is 2.40. The first-order valence-electron chi connectivity index (χ1n) is 11.9. The molecule has 9 heteroatoms. The number of nitrogens with zero attached hydrogens (tertiary/aromatic N) is 4. The Labute approximate surface area is 215 Å². The number of hydrogen-bond donors (Lipinski definition) is 2. The second kappa shape index (κ2) is 10.2. The summed E-state index contributed by atoms with van der Waals surface area (Å²) in [6.07, 6.45) is -0.428. The number of methoxy groups -OCH3 is 1. The highest BCUT2D eigenvalue weighted by Gasteiger charge is 2.21. The van der Waals surface area contributed by atoms with Gasteiger partial charge in [-0.25, -0.2) is 0 Å². The maximum Gasteiger partial charge on any atom is 0.253 e. The molecule has 1 amide bonds. The van der Waals surface area contributed by atoms with Gasteiger partial charge in [-0.1, -0.05) is 11.6 Å². The number of aryl methyl sites for hydroxylation is 1. The number of carbonyl (C=O) groups excluding carboxylic acids is 1. The number of anilines is 2. The molecule has 3 aromatic carbocycles. The fourth-order valence-corrected chi connectivity index (χ4v) is 4.66. The summed E-state index contributed by atoms with van der Waals surface area (Å²) in [6, 6.07) is 17.1. The van der Waals surface area contributed by atoms with E-state index in [4.69, 9.17) is 16.3 Å². The monoisotopic (exact) mass is 504 g/mol. The van der Waals surface area contributed by atoms with Gasteiger partial charge in [-0.3, -0.25) is 4.79 Å². The van der Waals surface area contributed by atoms with E-state index in [1.165, 1.54) is 0 Å². The summed E-state index contributed by atoms with van der Waals surface area (Å²) in [5.74, 6) is 0.813. The zero-order valence-electron chi connectivity index (χ0n) is 20.6. The lowest BCUT2D eigenvalue weighted by Gasteiger charge is -2.32. The fraction of sp³-hybridized carbons (Fsp3) is 0.296. The molecule has 0 aromatic heterocycles. The number of carbonyl (C=O) groups is 1. The molecule has 2 aliphatic rings. The average Bonchev–Trinajstić information content (AvgIpc) is 2.89. The molecule has 1 unspecified atom stereocenters. The van der Waals surface area contributed by atoms with Crippen LogP contribution in [0.1, 0.15) is 15.9 Å². The normalized spacial score (nSPS) is 17.3. The van der Waals surface area contributed by atoms with Crippen LogP contribution in [0.25, 0.3) is 11.1 Å². The summed E-state index contributed by atoms with van der Waals surface area (Å²) >= 11 is 6.48. The largest absolute Gasteiger partial charge is 0.497 e. The highest BCUT2D eigenvalue weighted by molar-refractivity contribution is 6.33. The number of ether oxygens (including phenoxy) is 1. The first-order valence-corrected chi connectivity index (χ1v) is 12.3. The topological polar surface area (TPSA) is 81.6 Å². The van der Waals surface area contributed by atoms with Crippen LogP contribution in [0.4, 0.5) is 17.1 Å². The van der Waals surface area contributed by atoms with Crippen molar-refractivity contribution in [3.63, 3.8) is 0 Å². The van der Waals surface area contributed by atoms with Crippen LogP contribution in [0.15, 0.2) is 64.8 Å². The lowest BCUT2D eigenvalue weighted by molar-refractivity contribution is 0.0664. The van der Waals surface area contributed by atoms with Gasteiger partial charge in [0.2, 0.25) is 6.29 Å². The molecular weight excluding hydrogens is 476 g/mol. The third kappa shape index (κ3) is 5.01. The molecule has 2 heterocycles. The summed E-state index contributed by atoms with van der Waals surface area (Å²) in [6.45, 7) is 5.35. The van der Waals surface area contributed by atoms with Gasteiger partial charge in [0.05, 0.1) is 12.8 Å². The summed E-state index contributed by atoms with van der Waals surface area (Å²) in [5.41, 5.74) is 6.07. The Morgan fingerprint density at radius 1 is 1.06 bits per heavy atom. The van der Waals surface area contributed by atoms with Gasteiger partial charge in [-0.2, -0.15) is 0 Å². The standard InChI is InChI=1S/C27H29ClN6O2/c1-17-14-24-25(16-21(17)22-15-20(36-3)8-9-23(22)28)31-32-27(30-24)29-19-6-4-18(5-7-19)26(35)34-12-10-33(2)11-13-34/h4-9,14-16,27,29-30H,10-13H2,1-3H3. The van der Waals surface area contributed by atoms with Gasteiger partial charge in [0.25, 0.3) is 5.91 Å². The van der Waals surface area contributed by atoms with E-state index in [2.05, 4.69) is 32.8 Å². The Morgan fingerprint density at radius 3 is 2.53 bits per heavy atom. The number of piperazine rings is 1. The molecule has 2 aliphatic heterocycles. The van der Waals surface area contributed by atoms with E-state index < -0.39 is 6.29 Å². The summed E-state index contributed by atoms with van der Waals surface area (Å²) in [7, 11) is 3.71. The van der Waals surface area contributed by atoms with Crippen molar-refractivity contribution in [2.24, 2.45) is 10.2 Å². The van der Waals surface area contributed by atoms with Crippen molar-refractivity contribution >= 4 is 34.6 Å². The predicted molar refractivity (Wildman–Crippen MR) is 144 cm³/mol. The molecule has 36 heavy (non-hydrogen) atoms. The van der Waals surface area contributed by atoms with Gasteiger partial charge in [-0.05, 0) is 79.7 Å². The van der Waals surface area contributed by atoms with Crippen molar-refractivity contribution in [2.45, 2.75) is 13.2 Å². The number of fused-ring (bicyclic) bond motifs is 1. The van der Waals surface area contributed by atoms with E-state index in [0.29, 0.717) is 10.6 Å². The Kier molecular flexibility index (Phi) is 6.80. The molecule has 2 N–H and O–H groups in total. The summed E-state index contributed by atoms with van der Waals surface area (Å²) in [4.78, 5) is 16.9. The highest BCUT2D eigenvalue weighted by atomic mass is 35.5. The van der Waals surface area contributed by atoms with Crippen molar-refractivity contribution in [1.82, 2.24) is 9.80 Å². The van der Waals surface area contributed by atoms with Gasteiger partial charge in [0, 0.05) is 48.0 Å². The molecule has 5 rings (SSSR count). The van der Waals surface area contributed by atoms with Crippen LogP contribution in [0.3, 0.4) is 0 Å². The van der Waals surface area contributed by atoms with Crippen molar-refractivity contribution < 1.29 is 9.53 Å². The van der Waals surface area contributed by atoms with Gasteiger partial charge in [0.15, 0.2) is 0 Å². The minimum absolute atomic E-state index is 0.0708.